The lowest BCUT2D eigenvalue weighted by Gasteiger charge is -2.27. The maximum absolute atomic E-state index is 12.8. The number of aliphatic hydroxyl groups is 1. The van der Waals surface area contributed by atoms with Crippen molar-refractivity contribution in [3.63, 3.8) is 0 Å². The first-order chi connectivity index (χ1) is 17.7. The maximum Gasteiger partial charge on any atom is 0.410 e. The van der Waals surface area contributed by atoms with Crippen LogP contribution in [0.2, 0.25) is 0 Å². The van der Waals surface area contributed by atoms with Crippen molar-refractivity contribution in [2.45, 2.75) is 52.4 Å². The van der Waals surface area contributed by atoms with Gasteiger partial charge in [-0.05, 0) is 70.0 Å². The number of amides is 1. The number of hydrogen-bond donors (Lipinski definition) is 1. The van der Waals surface area contributed by atoms with Gasteiger partial charge in [0.1, 0.15) is 22.7 Å². The summed E-state index contributed by atoms with van der Waals surface area (Å²) in [6, 6.07) is 14.7. The molecule has 3 aromatic heterocycles. The van der Waals surface area contributed by atoms with Crippen molar-refractivity contribution in [1.82, 2.24) is 14.9 Å². The van der Waals surface area contributed by atoms with Gasteiger partial charge in [-0.1, -0.05) is 18.2 Å². The zero-order chi connectivity index (χ0) is 26.4. The number of hydrogen-bond acceptors (Lipinski definition) is 7. The molecular formula is C29H33N3O5. The van der Waals surface area contributed by atoms with Crippen LogP contribution in [0.15, 0.2) is 71.5 Å². The third-order valence-corrected chi connectivity index (χ3v) is 5.75. The third kappa shape index (κ3) is 6.65. The maximum atomic E-state index is 12.8. The normalized spacial score (nSPS) is 12.4. The predicted molar refractivity (Wildman–Crippen MR) is 140 cm³/mol. The molecule has 1 amide bonds. The molecule has 1 atom stereocenters. The molecule has 4 aromatic rings. The molecule has 4 rings (SSSR count). The van der Waals surface area contributed by atoms with Crippen molar-refractivity contribution in [3.8, 4) is 5.75 Å². The molecule has 37 heavy (non-hydrogen) atoms. The van der Waals surface area contributed by atoms with Crippen molar-refractivity contribution < 1.29 is 23.8 Å². The van der Waals surface area contributed by atoms with Crippen LogP contribution in [0.1, 0.15) is 55.9 Å². The molecule has 0 aliphatic heterocycles. The second-order valence-electron chi connectivity index (χ2n) is 9.84. The second kappa shape index (κ2) is 11.4. The highest BCUT2D eigenvalue weighted by Crippen LogP contribution is 2.37. The number of carbonyl (C=O) groups excluding carboxylic acids is 1. The molecule has 194 valence electrons. The van der Waals surface area contributed by atoms with E-state index in [2.05, 4.69) is 9.97 Å². The number of aryl methyl sites for hydroxylation is 1. The highest BCUT2D eigenvalue weighted by molar-refractivity contribution is 5.88. The smallest absolute Gasteiger partial charge is 0.410 e. The summed E-state index contributed by atoms with van der Waals surface area (Å²) in [5.41, 5.74) is 2.28. The number of benzene rings is 1. The Morgan fingerprint density at radius 1 is 1.11 bits per heavy atom. The van der Waals surface area contributed by atoms with E-state index in [4.69, 9.17) is 13.9 Å². The van der Waals surface area contributed by atoms with Gasteiger partial charge in [0.25, 0.3) is 0 Å². The quantitative estimate of drug-likeness (QED) is 0.287. The average molecular weight is 504 g/mol. The van der Waals surface area contributed by atoms with E-state index in [1.807, 2.05) is 64.1 Å². The molecule has 0 aliphatic rings. The van der Waals surface area contributed by atoms with Crippen LogP contribution in [0.3, 0.4) is 0 Å². The summed E-state index contributed by atoms with van der Waals surface area (Å²) < 4.78 is 17.7. The van der Waals surface area contributed by atoms with Gasteiger partial charge in [-0.2, -0.15) is 0 Å². The molecule has 1 aromatic carbocycles. The average Bonchev–Trinajstić information content (AvgIpc) is 3.22. The zero-order valence-corrected chi connectivity index (χ0v) is 21.7. The fraction of sp³-hybridized carbons (Fsp3) is 0.345. The van der Waals surface area contributed by atoms with Gasteiger partial charge in [0, 0.05) is 30.7 Å². The lowest BCUT2D eigenvalue weighted by molar-refractivity contribution is 0.0225. The standard InChI is InChI=1S/C29H33N3O5/c1-20-25-23(12-7-13-24(25)36-27(20)26(33)22-11-5-6-15-31-22)35-17-9-16-32(28(34)37-29(2,3)4)19-21-10-8-14-30-18-21/h5-8,10-15,18,26,33H,9,16-17,19H2,1-4H3. The molecule has 0 aliphatic carbocycles. The molecule has 0 bridgehead atoms. The van der Waals surface area contributed by atoms with E-state index in [1.54, 1.807) is 35.6 Å². The molecule has 3 heterocycles. The van der Waals surface area contributed by atoms with E-state index in [9.17, 15) is 9.90 Å². The van der Waals surface area contributed by atoms with Gasteiger partial charge in [-0.3, -0.25) is 9.97 Å². The van der Waals surface area contributed by atoms with E-state index in [0.717, 1.165) is 16.5 Å². The van der Waals surface area contributed by atoms with E-state index in [0.29, 0.717) is 48.9 Å². The Balaban J connectivity index is 1.45. The highest BCUT2D eigenvalue weighted by atomic mass is 16.6. The first-order valence-corrected chi connectivity index (χ1v) is 12.3. The summed E-state index contributed by atoms with van der Waals surface area (Å²) in [7, 11) is 0. The Bertz CT molecular complexity index is 1320. The third-order valence-electron chi connectivity index (χ3n) is 5.75. The molecule has 0 saturated carbocycles. The number of rotatable bonds is 9. The lowest BCUT2D eigenvalue weighted by Crippen LogP contribution is -2.37. The molecule has 1 N–H and O–H groups in total. The number of furan rings is 1. The number of carbonyl (C=O) groups is 1. The van der Waals surface area contributed by atoms with Crippen LogP contribution in [0.25, 0.3) is 11.0 Å². The Kier molecular flexibility index (Phi) is 8.08. The molecular weight excluding hydrogens is 470 g/mol. The minimum Gasteiger partial charge on any atom is -0.493 e. The summed E-state index contributed by atoms with van der Waals surface area (Å²) >= 11 is 0. The Morgan fingerprint density at radius 2 is 1.95 bits per heavy atom. The number of pyridine rings is 2. The van der Waals surface area contributed by atoms with Crippen LogP contribution in [-0.4, -0.2) is 44.8 Å². The van der Waals surface area contributed by atoms with Gasteiger partial charge >= 0.3 is 6.09 Å². The number of ether oxygens (including phenoxy) is 2. The second-order valence-corrected chi connectivity index (χ2v) is 9.84. The topological polar surface area (TPSA) is 97.9 Å². The minimum absolute atomic E-state index is 0.378. The first kappa shape index (κ1) is 26.2. The van der Waals surface area contributed by atoms with Crippen LogP contribution >= 0.6 is 0 Å². The molecule has 0 fully saturated rings. The first-order valence-electron chi connectivity index (χ1n) is 12.3. The van der Waals surface area contributed by atoms with Crippen LogP contribution < -0.4 is 4.74 Å². The fourth-order valence-electron chi connectivity index (χ4n) is 4.05. The number of aliphatic hydroxyl groups excluding tert-OH is 1. The SMILES string of the molecule is Cc1c(C(O)c2ccccn2)oc2cccc(OCCCN(Cc3cccnc3)C(=O)OC(C)(C)C)c12. The predicted octanol–water partition coefficient (Wildman–Crippen LogP) is 5.82. The Hall–Kier alpha value is -3.91. The molecule has 0 saturated heterocycles. The monoisotopic (exact) mass is 503 g/mol. The van der Waals surface area contributed by atoms with Gasteiger partial charge in [-0.15, -0.1) is 0 Å². The van der Waals surface area contributed by atoms with Crippen molar-refractivity contribution >= 4 is 17.1 Å². The van der Waals surface area contributed by atoms with E-state index in [1.165, 1.54) is 0 Å². The van der Waals surface area contributed by atoms with E-state index < -0.39 is 11.7 Å². The van der Waals surface area contributed by atoms with Crippen LogP contribution in [-0.2, 0) is 11.3 Å². The van der Waals surface area contributed by atoms with Crippen LogP contribution in [0.5, 0.6) is 5.75 Å². The zero-order valence-electron chi connectivity index (χ0n) is 21.7. The Labute approximate surface area is 216 Å². The molecule has 0 radical (unpaired) electrons. The van der Waals surface area contributed by atoms with Crippen LogP contribution in [0.4, 0.5) is 4.79 Å². The molecule has 0 spiro atoms. The number of nitrogens with zero attached hydrogens (tertiary/aromatic N) is 3. The summed E-state index contributed by atoms with van der Waals surface area (Å²) in [6.45, 7) is 8.68. The number of fused-ring (bicyclic) bond motifs is 1. The summed E-state index contributed by atoms with van der Waals surface area (Å²) in [5, 5.41) is 11.7. The molecule has 1 unspecified atom stereocenters. The highest BCUT2D eigenvalue weighted by Gasteiger charge is 2.24. The minimum atomic E-state index is -0.976. The summed E-state index contributed by atoms with van der Waals surface area (Å²) in [6.07, 6.45) is 4.33. The molecule has 8 nitrogen and oxygen atoms in total. The van der Waals surface area contributed by atoms with Gasteiger partial charge in [0.15, 0.2) is 6.10 Å². The van der Waals surface area contributed by atoms with Gasteiger partial charge in [0.2, 0.25) is 0 Å². The van der Waals surface area contributed by atoms with Crippen molar-refractivity contribution in [3.05, 3.63) is 89.7 Å². The van der Waals surface area contributed by atoms with Gasteiger partial charge < -0.3 is 23.9 Å². The van der Waals surface area contributed by atoms with Crippen molar-refractivity contribution in [2.75, 3.05) is 13.2 Å². The van der Waals surface area contributed by atoms with E-state index >= 15 is 0 Å². The van der Waals surface area contributed by atoms with Crippen molar-refractivity contribution in [1.29, 1.82) is 0 Å². The molecule has 8 heteroatoms. The summed E-state index contributed by atoms with van der Waals surface area (Å²) in [5.74, 6) is 1.10. The number of aromatic nitrogens is 2. The van der Waals surface area contributed by atoms with Crippen molar-refractivity contribution in [2.24, 2.45) is 0 Å². The lowest BCUT2D eigenvalue weighted by atomic mass is 10.1. The Morgan fingerprint density at radius 3 is 2.65 bits per heavy atom. The largest absolute Gasteiger partial charge is 0.493 e. The van der Waals surface area contributed by atoms with Crippen LogP contribution in [0, 0.1) is 6.92 Å². The summed E-state index contributed by atoms with van der Waals surface area (Å²) in [4.78, 5) is 22.9. The van der Waals surface area contributed by atoms with Gasteiger partial charge in [0.05, 0.1) is 24.2 Å². The van der Waals surface area contributed by atoms with Gasteiger partial charge in [-0.25, -0.2) is 4.79 Å². The van der Waals surface area contributed by atoms with E-state index in [-0.39, 0.29) is 6.09 Å². The fourth-order valence-corrected chi connectivity index (χ4v) is 4.05.